The summed E-state index contributed by atoms with van der Waals surface area (Å²) in [4.78, 5) is 30.6. The number of carboxylic acids is 1. The number of aliphatic carboxylic acids is 1. The number of piperidine rings is 1. The molecule has 1 fully saturated rings. The van der Waals surface area contributed by atoms with Crippen LogP contribution in [0, 0.1) is 0 Å². The Hall–Kier alpha value is -3.26. The number of hydrogen-bond donors (Lipinski definition) is 3. The van der Waals surface area contributed by atoms with E-state index < -0.39 is 17.0 Å². The minimum Gasteiger partial charge on any atom is -0.481 e. The third-order valence-corrected chi connectivity index (χ3v) is 8.03. The summed E-state index contributed by atoms with van der Waals surface area (Å²) < 4.78 is 0. The molecule has 1 unspecified atom stereocenters. The first-order chi connectivity index (χ1) is 18.8. The Morgan fingerprint density at radius 2 is 1.67 bits per heavy atom. The number of pyridine rings is 1. The van der Waals surface area contributed by atoms with Gasteiger partial charge in [-0.25, -0.2) is 0 Å². The first kappa shape index (κ1) is 28.7. The molecule has 7 nitrogen and oxygen atoms in total. The smallest absolute Gasteiger partial charge is 0.303 e. The second kappa shape index (κ2) is 13.2. The normalized spacial score (nSPS) is 16.8. The van der Waals surface area contributed by atoms with E-state index in [4.69, 9.17) is 21.7 Å². The van der Waals surface area contributed by atoms with Crippen molar-refractivity contribution in [1.82, 2.24) is 15.2 Å². The molecule has 1 amide bonds. The Labute approximate surface area is 234 Å². The van der Waals surface area contributed by atoms with E-state index in [1.165, 1.54) is 0 Å². The predicted molar refractivity (Wildman–Crippen MR) is 152 cm³/mol. The number of hydrogen-bond acceptors (Lipinski definition) is 5. The van der Waals surface area contributed by atoms with E-state index in [2.05, 4.69) is 22.3 Å². The van der Waals surface area contributed by atoms with Crippen molar-refractivity contribution < 1.29 is 19.8 Å². The van der Waals surface area contributed by atoms with Crippen LogP contribution in [-0.2, 0) is 20.6 Å². The molecular weight excluding hydrogens is 514 g/mol. The van der Waals surface area contributed by atoms with Gasteiger partial charge in [0, 0.05) is 37.3 Å². The van der Waals surface area contributed by atoms with Crippen LogP contribution in [0.5, 0.6) is 0 Å². The van der Waals surface area contributed by atoms with E-state index >= 15 is 0 Å². The molecule has 1 aromatic heterocycles. The lowest BCUT2D eigenvalue weighted by molar-refractivity contribution is -0.138. The molecule has 0 aliphatic carbocycles. The summed E-state index contributed by atoms with van der Waals surface area (Å²) in [5.74, 6) is -1.28. The molecule has 2 heterocycles. The highest BCUT2D eigenvalue weighted by atomic mass is 35.5. The zero-order valence-corrected chi connectivity index (χ0v) is 22.8. The van der Waals surface area contributed by atoms with Crippen molar-refractivity contribution >= 4 is 23.5 Å². The van der Waals surface area contributed by atoms with Crippen LogP contribution in [-0.4, -0.2) is 58.2 Å². The number of benzene rings is 2. The lowest BCUT2D eigenvalue weighted by Gasteiger charge is -2.39. The van der Waals surface area contributed by atoms with Gasteiger partial charge in [0.25, 0.3) is 0 Å². The zero-order valence-electron chi connectivity index (χ0n) is 22.1. The van der Waals surface area contributed by atoms with Gasteiger partial charge < -0.3 is 20.4 Å². The van der Waals surface area contributed by atoms with E-state index in [0.29, 0.717) is 24.4 Å². The molecule has 1 atom stereocenters. The van der Waals surface area contributed by atoms with Gasteiger partial charge in [-0.2, -0.15) is 0 Å². The number of carbonyl (C=O) groups excluding carboxylic acids is 1. The number of aliphatic hydroxyl groups is 1. The Kier molecular flexibility index (Phi) is 9.73. The van der Waals surface area contributed by atoms with Gasteiger partial charge in [0.1, 0.15) is 0 Å². The van der Waals surface area contributed by atoms with E-state index in [-0.39, 0.29) is 18.7 Å². The van der Waals surface area contributed by atoms with Gasteiger partial charge in [0.05, 0.1) is 23.1 Å². The fourth-order valence-electron chi connectivity index (χ4n) is 5.46. The van der Waals surface area contributed by atoms with Crippen molar-refractivity contribution in [2.45, 2.75) is 49.5 Å². The molecule has 0 radical (unpaired) electrons. The predicted octanol–water partition coefficient (Wildman–Crippen LogP) is 4.77. The molecule has 8 heteroatoms. The second-order valence-corrected chi connectivity index (χ2v) is 10.8. The van der Waals surface area contributed by atoms with Crippen molar-refractivity contribution in [1.29, 1.82) is 0 Å². The third kappa shape index (κ3) is 7.44. The van der Waals surface area contributed by atoms with Crippen LogP contribution >= 0.6 is 11.6 Å². The fourth-order valence-corrected chi connectivity index (χ4v) is 5.59. The second-order valence-electron chi connectivity index (χ2n) is 10.3. The average molecular weight is 550 g/mol. The molecule has 206 valence electrons. The minimum absolute atomic E-state index is 0.0628. The molecule has 4 rings (SSSR count). The first-order valence-electron chi connectivity index (χ1n) is 13.5. The Morgan fingerprint density at radius 3 is 2.31 bits per heavy atom. The molecule has 0 spiro atoms. The van der Waals surface area contributed by atoms with Gasteiger partial charge in [0.15, 0.2) is 0 Å². The van der Waals surface area contributed by atoms with Crippen LogP contribution in [0.25, 0.3) is 0 Å². The van der Waals surface area contributed by atoms with E-state index in [0.717, 1.165) is 49.3 Å². The number of aromatic nitrogens is 1. The average Bonchev–Trinajstić information content (AvgIpc) is 2.96. The number of nitrogens with zero attached hydrogens (tertiary/aromatic N) is 2. The minimum atomic E-state index is -0.992. The monoisotopic (exact) mass is 549 g/mol. The molecule has 0 saturated carbocycles. The summed E-state index contributed by atoms with van der Waals surface area (Å²) in [6.45, 7) is 2.74. The van der Waals surface area contributed by atoms with Crippen LogP contribution in [0.15, 0.2) is 79.0 Å². The van der Waals surface area contributed by atoms with Crippen LogP contribution in [0.1, 0.15) is 55.3 Å². The lowest BCUT2D eigenvalue weighted by atomic mass is 9.73. The summed E-state index contributed by atoms with van der Waals surface area (Å²) in [6.07, 6.45) is 4.40. The zero-order chi connectivity index (χ0) is 27.7. The van der Waals surface area contributed by atoms with Crippen molar-refractivity contribution in [3.8, 4) is 0 Å². The number of likely N-dealkylation sites (tertiary alicyclic amines) is 1. The number of halogens is 1. The van der Waals surface area contributed by atoms with Crippen LogP contribution in [0.4, 0.5) is 0 Å². The fraction of sp³-hybridized carbons (Fsp3) is 0.387. The van der Waals surface area contributed by atoms with Crippen molar-refractivity contribution in [2.24, 2.45) is 0 Å². The Morgan fingerprint density at radius 1 is 0.974 bits per heavy atom. The van der Waals surface area contributed by atoms with Crippen LogP contribution < -0.4 is 5.32 Å². The largest absolute Gasteiger partial charge is 0.481 e. The number of nitrogens with one attached hydrogen (secondary N) is 1. The number of carbonyl (C=O) groups is 2. The molecule has 3 N–H and O–H groups in total. The van der Waals surface area contributed by atoms with Gasteiger partial charge in [-0.3, -0.25) is 14.6 Å². The topological polar surface area (TPSA) is 103 Å². The van der Waals surface area contributed by atoms with Gasteiger partial charge >= 0.3 is 5.97 Å². The summed E-state index contributed by atoms with van der Waals surface area (Å²) >= 11 is 6.03. The van der Waals surface area contributed by atoms with Gasteiger partial charge in [-0.15, -0.1) is 0 Å². The Balaban J connectivity index is 1.46. The number of amides is 1. The molecule has 39 heavy (non-hydrogen) atoms. The molecule has 3 aromatic rings. The van der Waals surface area contributed by atoms with E-state index in [1.807, 2.05) is 60.7 Å². The number of rotatable bonds is 12. The molecular formula is C31H36ClN3O4. The highest BCUT2D eigenvalue weighted by molar-refractivity contribution is 6.30. The molecule has 2 aromatic carbocycles. The molecule has 1 saturated heterocycles. The SMILES string of the molecule is O=C(O)CCC(=O)NCC(CCCN1CCC(O)(c2ccc(Cl)cc2)CC1)(c1ccccc1)c1ccccn1. The number of carboxylic acid groups (broad SMARTS) is 1. The van der Waals surface area contributed by atoms with Crippen LogP contribution in [0.3, 0.4) is 0 Å². The van der Waals surface area contributed by atoms with E-state index in [1.54, 1.807) is 6.20 Å². The van der Waals surface area contributed by atoms with Crippen LogP contribution in [0.2, 0.25) is 5.02 Å². The van der Waals surface area contributed by atoms with Crippen molar-refractivity contribution in [3.05, 3.63) is 101 Å². The van der Waals surface area contributed by atoms with Crippen molar-refractivity contribution in [2.75, 3.05) is 26.2 Å². The molecule has 1 aliphatic heterocycles. The summed E-state index contributed by atoms with van der Waals surface area (Å²) in [5.41, 5.74) is 1.41. The van der Waals surface area contributed by atoms with Gasteiger partial charge in [-0.05, 0) is 67.6 Å². The quantitative estimate of drug-likeness (QED) is 0.301. The maximum atomic E-state index is 12.5. The summed E-state index contributed by atoms with van der Waals surface area (Å²) in [5, 5.41) is 23.9. The first-order valence-corrected chi connectivity index (χ1v) is 13.8. The summed E-state index contributed by atoms with van der Waals surface area (Å²) in [7, 11) is 0. The van der Waals surface area contributed by atoms with Gasteiger partial charge in [0.2, 0.25) is 5.91 Å². The third-order valence-electron chi connectivity index (χ3n) is 7.78. The van der Waals surface area contributed by atoms with Crippen molar-refractivity contribution in [3.63, 3.8) is 0 Å². The standard InChI is InChI=1S/C31H36ClN3O4/c32-26-12-10-25(11-13-26)31(39)17-21-35(22-18-31)20-6-16-30(24-7-2-1-3-8-24,27-9-4-5-19-33-27)23-34-28(36)14-15-29(37)38/h1-5,7-13,19,39H,6,14-18,20-23H2,(H,34,36)(H,37,38). The maximum Gasteiger partial charge on any atom is 0.303 e. The Bertz CT molecular complexity index is 1170. The lowest BCUT2D eigenvalue weighted by Crippen LogP contribution is -2.45. The maximum absolute atomic E-state index is 12.5. The molecule has 0 bridgehead atoms. The van der Waals surface area contributed by atoms with Gasteiger partial charge in [-0.1, -0.05) is 60.1 Å². The summed E-state index contributed by atoms with van der Waals surface area (Å²) in [6, 6.07) is 23.3. The molecule has 1 aliphatic rings. The highest BCUT2D eigenvalue weighted by Gasteiger charge is 2.37. The highest BCUT2D eigenvalue weighted by Crippen LogP contribution is 2.37. The van der Waals surface area contributed by atoms with E-state index in [9.17, 15) is 14.7 Å².